The summed E-state index contributed by atoms with van der Waals surface area (Å²) in [6.45, 7) is 1.64. The third kappa shape index (κ3) is 2.96. The minimum atomic E-state index is 0.746. The summed E-state index contributed by atoms with van der Waals surface area (Å²) in [6, 6.07) is 3.85. The lowest BCUT2D eigenvalue weighted by atomic mass is 10.4. The average molecular weight is 284 g/mol. The molecule has 4 nitrogen and oxygen atoms in total. The van der Waals surface area contributed by atoms with Gasteiger partial charge in [-0.05, 0) is 28.1 Å². The molecule has 1 N–H and O–H groups in total. The van der Waals surface area contributed by atoms with Gasteiger partial charge in [-0.1, -0.05) is 0 Å². The van der Waals surface area contributed by atoms with Crippen molar-refractivity contribution in [1.29, 1.82) is 0 Å². The van der Waals surface area contributed by atoms with Crippen molar-refractivity contribution in [2.24, 2.45) is 7.05 Å². The largest absolute Gasteiger partial charge is 0.453 e. The molecule has 0 saturated heterocycles. The summed E-state index contributed by atoms with van der Waals surface area (Å²) in [6.07, 6.45) is 4.70. The van der Waals surface area contributed by atoms with Gasteiger partial charge in [0.15, 0.2) is 4.67 Å². The second kappa shape index (κ2) is 5.32. The number of nitrogens with one attached hydrogen (secondary N) is 1. The fourth-order valence-electron chi connectivity index (χ4n) is 1.50. The third-order valence-electron chi connectivity index (χ3n) is 2.37. The molecule has 0 amide bonds. The molecule has 0 unspecified atom stereocenters. The van der Waals surface area contributed by atoms with E-state index in [1.807, 2.05) is 36.1 Å². The van der Waals surface area contributed by atoms with Crippen LogP contribution in [0.25, 0.3) is 0 Å². The first-order chi connectivity index (χ1) is 7.75. The van der Waals surface area contributed by atoms with Crippen LogP contribution in [0.2, 0.25) is 0 Å². The Labute approximate surface area is 103 Å². The molecule has 86 valence electrons. The van der Waals surface area contributed by atoms with Gasteiger partial charge < -0.3 is 14.3 Å². The monoisotopic (exact) mass is 283 g/mol. The van der Waals surface area contributed by atoms with Crippen molar-refractivity contribution < 1.29 is 4.42 Å². The Kier molecular flexibility index (Phi) is 3.79. The number of aromatic nitrogens is 2. The number of hydrogen-bond donors (Lipinski definition) is 1. The summed E-state index contributed by atoms with van der Waals surface area (Å²) in [4.78, 5) is 4.26. The molecule has 0 fully saturated rings. The van der Waals surface area contributed by atoms with Crippen molar-refractivity contribution in [2.75, 3.05) is 6.54 Å². The van der Waals surface area contributed by atoms with Gasteiger partial charge in [-0.3, -0.25) is 0 Å². The van der Waals surface area contributed by atoms with Crippen LogP contribution in [0, 0.1) is 0 Å². The quantitative estimate of drug-likeness (QED) is 0.855. The summed E-state index contributed by atoms with van der Waals surface area (Å²) in [5, 5.41) is 3.31. The highest BCUT2D eigenvalue weighted by atomic mass is 79.9. The lowest BCUT2D eigenvalue weighted by Gasteiger charge is -2.03. The molecule has 2 heterocycles. The second-order valence-corrected chi connectivity index (χ2v) is 4.37. The zero-order valence-corrected chi connectivity index (χ0v) is 10.7. The fraction of sp³-hybridized carbons (Fsp3) is 0.364. The van der Waals surface area contributed by atoms with Crippen molar-refractivity contribution in [3.8, 4) is 0 Å². The van der Waals surface area contributed by atoms with Crippen molar-refractivity contribution in [1.82, 2.24) is 14.9 Å². The molecular formula is C11H14BrN3O. The van der Waals surface area contributed by atoms with E-state index in [-0.39, 0.29) is 0 Å². The number of imidazole rings is 1. The average Bonchev–Trinajstić information content (AvgIpc) is 2.83. The van der Waals surface area contributed by atoms with E-state index < -0.39 is 0 Å². The molecule has 5 heteroatoms. The van der Waals surface area contributed by atoms with Crippen LogP contribution in [0.1, 0.15) is 11.6 Å². The van der Waals surface area contributed by atoms with Crippen LogP contribution in [0.4, 0.5) is 0 Å². The number of rotatable bonds is 5. The second-order valence-electron chi connectivity index (χ2n) is 3.59. The van der Waals surface area contributed by atoms with E-state index in [2.05, 4.69) is 26.2 Å². The maximum atomic E-state index is 5.38. The van der Waals surface area contributed by atoms with Crippen molar-refractivity contribution >= 4 is 15.9 Å². The molecule has 2 rings (SSSR count). The minimum Gasteiger partial charge on any atom is -0.453 e. The SMILES string of the molecule is Cn1ccnc1CCNCc1ccc(Br)o1. The van der Waals surface area contributed by atoms with Crippen LogP contribution in [0.15, 0.2) is 33.6 Å². The molecule has 0 bridgehead atoms. The first-order valence-corrected chi connectivity index (χ1v) is 5.96. The molecule has 2 aromatic rings. The molecule has 0 radical (unpaired) electrons. The highest BCUT2D eigenvalue weighted by Gasteiger charge is 2.00. The number of halogens is 1. The molecule has 0 atom stereocenters. The lowest BCUT2D eigenvalue weighted by molar-refractivity contribution is 0.465. The third-order valence-corrected chi connectivity index (χ3v) is 2.80. The Morgan fingerprint density at radius 3 is 3.00 bits per heavy atom. The lowest BCUT2D eigenvalue weighted by Crippen LogP contribution is -2.17. The minimum absolute atomic E-state index is 0.746. The van der Waals surface area contributed by atoms with Crippen LogP contribution in [-0.4, -0.2) is 16.1 Å². The highest BCUT2D eigenvalue weighted by molar-refractivity contribution is 9.10. The predicted octanol–water partition coefficient (Wildman–Crippen LogP) is 2.11. The van der Waals surface area contributed by atoms with Crippen LogP contribution in [-0.2, 0) is 20.0 Å². The van der Waals surface area contributed by atoms with Crippen LogP contribution >= 0.6 is 15.9 Å². The summed E-state index contributed by atoms with van der Waals surface area (Å²) < 4.78 is 8.18. The van der Waals surface area contributed by atoms with Gasteiger partial charge >= 0.3 is 0 Å². The van der Waals surface area contributed by atoms with Crippen molar-refractivity contribution in [3.63, 3.8) is 0 Å². The molecule has 0 aromatic carbocycles. The summed E-state index contributed by atoms with van der Waals surface area (Å²) >= 11 is 3.27. The smallest absolute Gasteiger partial charge is 0.169 e. The molecule has 0 aliphatic carbocycles. The Morgan fingerprint density at radius 2 is 2.38 bits per heavy atom. The first-order valence-electron chi connectivity index (χ1n) is 5.17. The molecule has 0 aliphatic heterocycles. The van der Waals surface area contributed by atoms with E-state index in [0.717, 1.165) is 35.8 Å². The normalized spacial score (nSPS) is 10.9. The molecule has 16 heavy (non-hydrogen) atoms. The molecule has 0 aliphatic rings. The van der Waals surface area contributed by atoms with Gasteiger partial charge in [0, 0.05) is 32.4 Å². The van der Waals surface area contributed by atoms with E-state index in [0.29, 0.717) is 0 Å². The predicted molar refractivity (Wildman–Crippen MR) is 65.0 cm³/mol. The van der Waals surface area contributed by atoms with E-state index >= 15 is 0 Å². The van der Waals surface area contributed by atoms with E-state index in [1.54, 1.807) is 0 Å². The van der Waals surface area contributed by atoms with E-state index in [9.17, 15) is 0 Å². The Balaban J connectivity index is 1.71. The first kappa shape index (κ1) is 11.4. The zero-order valence-electron chi connectivity index (χ0n) is 9.11. The molecule has 0 spiro atoms. The van der Waals surface area contributed by atoms with E-state index in [4.69, 9.17) is 4.42 Å². The zero-order chi connectivity index (χ0) is 11.4. The van der Waals surface area contributed by atoms with Gasteiger partial charge in [-0.25, -0.2) is 4.98 Å². The number of aryl methyl sites for hydroxylation is 1. The molecule has 0 saturated carbocycles. The van der Waals surface area contributed by atoms with Gasteiger partial charge in [0.1, 0.15) is 11.6 Å². The summed E-state index contributed by atoms with van der Waals surface area (Å²) in [5.74, 6) is 2.03. The number of furan rings is 1. The van der Waals surface area contributed by atoms with Gasteiger partial charge in [0.2, 0.25) is 0 Å². The standard InChI is InChI=1S/C11H14BrN3O/c1-15-7-6-14-11(15)4-5-13-8-9-2-3-10(12)16-9/h2-3,6-7,13H,4-5,8H2,1H3. The molecule has 2 aromatic heterocycles. The topological polar surface area (TPSA) is 43.0 Å². The number of nitrogens with zero attached hydrogens (tertiary/aromatic N) is 2. The van der Waals surface area contributed by atoms with Gasteiger partial charge in [0.25, 0.3) is 0 Å². The van der Waals surface area contributed by atoms with Gasteiger partial charge in [0.05, 0.1) is 6.54 Å². The van der Waals surface area contributed by atoms with E-state index in [1.165, 1.54) is 0 Å². The summed E-state index contributed by atoms with van der Waals surface area (Å²) in [5.41, 5.74) is 0. The van der Waals surface area contributed by atoms with Gasteiger partial charge in [-0.2, -0.15) is 0 Å². The maximum absolute atomic E-state index is 5.38. The summed E-state index contributed by atoms with van der Waals surface area (Å²) in [7, 11) is 2.01. The van der Waals surface area contributed by atoms with Crippen LogP contribution in [0.3, 0.4) is 0 Å². The Hall–Kier alpha value is -1.07. The molecular weight excluding hydrogens is 270 g/mol. The van der Waals surface area contributed by atoms with Crippen LogP contribution in [0.5, 0.6) is 0 Å². The highest BCUT2D eigenvalue weighted by Crippen LogP contribution is 2.13. The van der Waals surface area contributed by atoms with Crippen molar-refractivity contribution in [3.05, 3.63) is 40.8 Å². The van der Waals surface area contributed by atoms with Crippen LogP contribution < -0.4 is 5.32 Å². The van der Waals surface area contributed by atoms with Crippen molar-refractivity contribution in [2.45, 2.75) is 13.0 Å². The fourth-order valence-corrected chi connectivity index (χ4v) is 1.84. The Morgan fingerprint density at radius 1 is 1.50 bits per heavy atom. The maximum Gasteiger partial charge on any atom is 0.169 e. The van der Waals surface area contributed by atoms with Gasteiger partial charge in [-0.15, -0.1) is 0 Å². The Bertz CT molecular complexity index is 450. The number of hydrogen-bond acceptors (Lipinski definition) is 3.